The fourth-order valence-electron chi connectivity index (χ4n) is 1.84. The highest BCUT2D eigenvalue weighted by atomic mass is 16.1. The van der Waals surface area contributed by atoms with Crippen molar-refractivity contribution in [2.75, 3.05) is 11.9 Å². The molecule has 5 nitrogen and oxygen atoms in total. The highest BCUT2D eigenvalue weighted by molar-refractivity contribution is 5.94. The summed E-state index contributed by atoms with van der Waals surface area (Å²) in [5, 5.41) is 6.06. The van der Waals surface area contributed by atoms with Gasteiger partial charge in [-0.25, -0.2) is 0 Å². The molecule has 2 N–H and O–H groups in total. The van der Waals surface area contributed by atoms with Crippen LogP contribution in [0.3, 0.4) is 0 Å². The van der Waals surface area contributed by atoms with Crippen molar-refractivity contribution in [3.05, 3.63) is 66.8 Å². The SMILES string of the molecule is C=CCNC(=O)c1ccc(NC(C)c2cnccn2)cc1. The van der Waals surface area contributed by atoms with Gasteiger partial charge in [0.25, 0.3) is 5.91 Å². The number of benzene rings is 1. The Bertz CT molecular complexity index is 595. The first-order valence-electron chi connectivity index (χ1n) is 6.72. The fourth-order valence-corrected chi connectivity index (χ4v) is 1.84. The van der Waals surface area contributed by atoms with E-state index < -0.39 is 0 Å². The van der Waals surface area contributed by atoms with Crippen molar-refractivity contribution in [1.82, 2.24) is 15.3 Å². The highest BCUT2D eigenvalue weighted by Crippen LogP contribution is 2.17. The minimum atomic E-state index is -0.108. The maximum atomic E-state index is 11.8. The Kier molecular flexibility index (Phi) is 5.04. The Morgan fingerprint density at radius 1 is 1.33 bits per heavy atom. The van der Waals surface area contributed by atoms with Crippen LogP contribution >= 0.6 is 0 Å². The molecule has 0 radical (unpaired) electrons. The number of carbonyl (C=O) groups is 1. The van der Waals surface area contributed by atoms with E-state index in [4.69, 9.17) is 0 Å². The molecule has 0 fully saturated rings. The first-order chi connectivity index (χ1) is 10.2. The van der Waals surface area contributed by atoms with Crippen LogP contribution in [-0.2, 0) is 0 Å². The van der Waals surface area contributed by atoms with Crippen LogP contribution in [0.25, 0.3) is 0 Å². The van der Waals surface area contributed by atoms with E-state index >= 15 is 0 Å². The van der Waals surface area contributed by atoms with Crippen LogP contribution in [0.1, 0.15) is 29.0 Å². The van der Waals surface area contributed by atoms with Crippen molar-refractivity contribution >= 4 is 11.6 Å². The molecule has 0 saturated carbocycles. The molecule has 0 bridgehead atoms. The van der Waals surface area contributed by atoms with Gasteiger partial charge >= 0.3 is 0 Å². The Balaban J connectivity index is 1.99. The summed E-state index contributed by atoms with van der Waals surface area (Å²) in [6.45, 7) is 6.04. The summed E-state index contributed by atoms with van der Waals surface area (Å²) in [6.07, 6.45) is 6.69. The summed E-state index contributed by atoms with van der Waals surface area (Å²) in [4.78, 5) is 20.1. The molecule has 1 atom stereocenters. The number of aromatic nitrogens is 2. The summed E-state index contributed by atoms with van der Waals surface area (Å²) in [5.41, 5.74) is 2.41. The lowest BCUT2D eigenvalue weighted by atomic mass is 10.1. The van der Waals surface area contributed by atoms with Gasteiger partial charge in [0, 0.05) is 30.2 Å². The molecule has 1 heterocycles. The molecular formula is C16H18N4O. The van der Waals surface area contributed by atoms with Crippen LogP contribution < -0.4 is 10.6 Å². The molecule has 1 aromatic carbocycles. The zero-order valence-corrected chi connectivity index (χ0v) is 11.9. The molecule has 21 heavy (non-hydrogen) atoms. The molecule has 0 saturated heterocycles. The van der Waals surface area contributed by atoms with Gasteiger partial charge in [-0.05, 0) is 31.2 Å². The second-order valence-electron chi connectivity index (χ2n) is 4.57. The van der Waals surface area contributed by atoms with Crippen LogP contribution in [0.15, 0.2) is 55.5 Å². The number of anilines is 1. The third kappa shape index (κ3) is 4.14. The quantitative estimate of drug-likeness (QED) is 0.799. The summed E-state index contributed by atoms with van der Waals surface area (Å²) < 4.78 is 0. The lowest BCUT2D eigenvalue weighted by Crippen LogP contribution is -2.23. The topological polar surface area (TPSA) is 66.9 Å². The molecule has 1 amide bonds. The first-order valence-corrected chi connectivity index (χ1v) is 6.72. The van der Waals surface area contributed by atoms with Crippen LogP contribution in [0, 0.1) is 0 Å². The van der Waals surface area contributed by atoms with Crippen LogP contribution in [-0.4, -0.2) is 22.4 Å². The average molecular weight is 282 g/mol. The average Bonchev–Trinajstić information content (AvgIpc) is 2.54. The van der Waals surface area contributed by atoms with E-state index in [1.54, 1.807) is 36.8 Å². The second-order valence-corrected chi connectivity index (χ2v) is 4.57. The van der Waals surface area contributed by atoms with Crippen molar-refractivity contribution in [3.63, 3.8) is 0 Å². The minimum absolute atomic E-state index is 0.0409. The molecule has 0 spiro atoms. The van der Waals surface area contributed by atoms with Gasteiger partial charge in [0.1, 0.15) is 0 Å². The van der Waals surface area contributed by atoms with E-state index in [2.05, 4.69) is 27.2 Å². The van der Waals surface area contributed by atoms with E-state index in [0.29, 0.717) is 12.1 Å². The number of carbonyl (C=O) groups excluding carboxylic acids is 1. The third-order valence-corrected chi connectivity index (χ3v) is 2.96. The van der Waals surface area contributed by atoms with Crippen LogP contribution in [0.5, 0.6) is 0 Å². The predicted molar refractivity (Wildman–Crippen MR) is 83.0 cm³/mol. The molecular weight excluding hydrogens is 264 g/mol. The standard InChI is InChI=1S/C16H18N4O/c1-3-8-19-16(21)13-4-6-14(7-5-13)20-12(2)15-11-17-9-10-18-15/h3-7,9-12,20H,1,8H2,2H3,(H,19,21). The highest BCUT2D eigenvalue weighted by Gasteiger charge is 2.08. The molecule has 5 heteroatoms. The van der Waals surface area contributed by atoms with Gasteiger partial charge < -0.3 is 10.6 Å². The van der Waals surface area contributed by atoms with Crippen molar-refractivity contribution in [3.8, 4) is 0 Å². The minimum Gasteiger partial charge on any atom is -0.377 e. The predicted octanol–water partition coefficient (Wildman–Crippen LogP) is 2.57. The molecule has 1 unspecified atom stereocenters. The van der Waals surface area contributed by atoms with Crippen molar-refractivity contribution in [1.29, 1.82) is 0 Å². The molecule has 0 aliphatic carbocycles. The summed E-state index contributed by atoms with van der Waals surface area (Å²) >= 11 is 0. The molecule has 2 aromatic rings. The number of nitrogens with zero attached hydrogens (tertiary/aromatic N) is 2. The lowest BCUT2D eigenvalue weighted by molar-refractivity contribution is 0.0958. The van der Waals surface area contributed by atoms with Gasteiger partial charge in [0.05, 0.1) is 17.9 Å². The molecule has 108 valence electrons. The van der Waals surface area contributed by atoms with E-state index in [9.17, 15) is 4.79 Å². The molecule has 2 rings (SSSR count). The molecule has 0 aliphatic heterocycles. The smallest absolute Gasteiger partial charge is 0.251 e. The van der Waals surface area contributed by atoms with Crippen LogP contribution in [0.4, 0.5) is 5.69 Å². The van der Waals surface area contributed by atoms with Gasteiger partial charge in [-0.15, -0.1) is 6.58 Å². The number of nitrogens with one attached hydrogen (secondary N) is 2. The normalized spacial score (nSPS) is 11.5. The third-order valence-electron chi connectivity index (χ3n) is 2.96. The summed E-state index contributed by atoms with van der Waals surface area (Å²) in [7, 11) is 0. The summed E-state index contributed by atoms with van der Waals surface area (Å²) in [5.74, 6) is -0.108. The Morgan fingerprint density at radius 2 is 2.10 bits per heavy atom. The maximum Gasteiger partial charge on any atom is 0.251 e. The maximum absolute atomic E-state index is 11.8. The Hall–Kier alpha value is -2.69. The number of amides is 1. The largest absolute Gasteiger partial charge is 0.377 e. The number of rotatable bonds is 6. The van der Waals surface area contributed by atoms with Crippen LogP contribution in [0.2, 0.25) is 0 Å². The molecule has 0 aliphatic rings. The lowest BCUT2D eigenvalue weighted by Gasteiger charge is -2.14. The van der Waals surface area contributed by atoms with Crippen molar-refractivity contribution in [2.24, 2.45) is 0 Å². The van der Waals surface area contributed by atoms with Gasteiger partial charge in [-0.2, -0.15) is 0 Å². The monoisotopic (exact) mass is 282 g/mol. The van der Waals surface area contributed by atoms with E-state index in [0.717, 1.165) is 11.4 Å². The van der Waals surface area contributed by atoms with Gasteiger partial charge in [0.15, 0.2) is 0 Å². The second kappa shape index (κ2) is 7.19. The van der Waals surface area contributed by atoms with E-state index in [-0.39, 0.29) is 11.9 Å². The van der Waals surface area contributed by atoms with E-state index in [1.807, 2.05) is 19.1 Å². The first kappa shape index (κ1) is 14.7. The van der Waals surface area contributed by atoms with Gasteiger partial charge in [0.2, 0.25) is 0 Å². The molecule has 1 aromatic heterocycles. The van der Waals surface area contributed by atoms with Gasteiger partial charge in [-0.3, -0.25) is 14.8 Å². The number of hydrogen-bond acceptors (Lipinski definition) is 4. The summed E-state index contributed by atoms with van der Waals surface area (Å²) in [6, 6.07) is 7.35. The Labute approximate surface area is 124 Å². The number of hydrogen-bond donors (Lipinski definition) is 2. The van der Waals surface area contributed by atoms with E-state index in [1.165, 1.54) is 0 Å². The zero-order valence-electron chi connectivity index (χ0n) is 11.9. The van der Waals surface area contributed by atoms with Crippen molar-refractivity contribution < 1.29 is 4.79 Å². The van der Waals surface area contributed by atoms with Crippen molar-refractivity contribution in [2.45, 2.75) is 13.0 Å². The zero-order chi connectivity index (χ0) is 15.1. The fraction of sp³-hybridized carbons (Fsp3) is 0.188. The Morgan fingerprint density at radius 3 is 2.71 bits per heavy atom. The van der Waals surface area contributed by atoms with Gasteiger partial charge in [-0.1, -0.05) is 6.08 Å².